The van der Waals surface area contributed by atoms with Crippen LogP contribution in [0.25, 0.3) is 0 Å². The number of amides is 1. The summed E-state index contributed by atoms with van der Waals surface area (Å²) in [5, 5.41) is 6.74. The molecule has 4 nitrogen and oxygen atoms in total. The second-order valence-electron chi connectivity index (χ2n) is 3.37. The van der Waals surface area contributed by atoms with E-state index in [1.165, 1.54) is 0 Å². The number of benzene rings is 1. The van der Waals surface area contributed by atoms with Gasteiger partial charge in [0.25, 0.3) is 5.91 Å². The van der Waals surface area contributed by atoms with Crippen LogP contribution in [0.15, 0.2) is 41.1 Å². The zero-order chi connectivity index (χ0) is 11.5. The van der Waals surface area contributed by atoms with E-state index in [0.717, 1.165) is 4.47 Å². The number of carbonyl (C=O) groups excluding carboxylic acids is 1. The zero-order valence-corrected chi connectivity index (χ0v) is 10.2. The molecule has 0 aliphatic rings. The first-order valence-corrected chi connectivity index (χ1v) is 5.50. The predicted octanol–water partition coefficient (Wildman–Crippen LogP) is 2.43. The first kappa shape index (κ1) is 10.9. The maximum absolute atomic E-state index is 11.8. The maximum atomic E-state index is 11.8. The van der Waals surface area contributed by atoms with Crippen LogP contribution in [0.2, 0.25) is 0 Å². The van der Waals surface area contributed by atoms with Crippen LogP contribution in [-0.4, -0.2) is 15.7 Å². The van der Waals surface area contributed by atoms with E-state index in [1.54, 1.807) is 36.3 Å². The molecule has 2 rings (SSSR count). The predicted molar refractivity (Wildman–Crippen MR) is 65.3 cm³/mol. The number of carbonyl (C=O) groups is 1. The average molecular weight is 280 g/mol. The van der Waals surface area contributed by atoms with E-state index in [1.807, 2.05) is 12.1 Å². The molecular formula is C11H10BrN3O. The van der Waals surface area contributed by atoms with Gasteiger partial charge in [0.05, 0.1) is 11.9 Å². The molecule has 0 saturated heterocycles. The third-order valence-electron chi connectivity index (χ3n) is 2.05. The van der Waals surface area contributed by atoms with Gasteiger partial charge in [0, 0.05) is 23.3 Å². The lowest BCUT2D eigenvalue weighted by Crippen LogP contribution is -2.11. The van der Waals surface area contributed by atoms with Crippen LogP contribution < -0.4 is 5.32 Å². The summed E-state index contributed by atoms with van der Waals surface area (Å²) in [5.74, 6) is -0.144. The van der Waals surface area contributed by atoms with Crippen LogP contribution >= 0.6 is 15.9 Å². The van der Waals surface area contributed by atoms with Crippen LogP contribution in [0.5, 0.6) is 0 Å². The van der Waals surface area contributed by atoms with Gasteiger partial charge in [-0.1, -0.05) is 22.0 Å². The molecule has 0 fully saturated rings. The van der Waals surface area contributed by atoms with E-state index in [9.17, 15) is 4.79 Å². The first-order valence-electron chi connectivity index (χ1n) is 4.71. The van der Waals surface area contributed by atoms with Crippen molar-refractivity contribution < 1.29 is 4.79 Å². The van der Waals surface area contributed by atoms with Gasteiger partial charge in [-0.15, -0.1) is 0 Å². The van der Waals surface area contributed by atoms with Crippen molar-refractivity contribution in [2.75, 3.05) is 5.32 Å². The van der Waals surface area contributed by atoms with Gasteiger partial charge in [-0.3, -0.25) is 9.48 Å². The van der Waals surface area contributed by atoms with Crippen LogP contribution in [0.3, 0.4) is 0 Å². The number of aryl methyl sites for hydroxylation is 1. The number of nitrogens with zero attached hydrogens (tertiary/aromatic N) is 2. The fourth-order valence-corrected chi connectivity index (χ4v) is 1.72. The van der Waals surface area contributed by atoms with Crippen molar-refractivity contribution in [1.82, 2.24) is 9.78 Å². The van der Waals surface area contributed by atoms with Crippen molar-refractivity contribution in [2.24, 2.45) is 7.05 Å². The Kier molecular flexibility index (Phi) is 3.05. The molecule has 0 unspecified atom stereocenters. The highest BCUT2D eigenvalue weighted by atomic mass is 79.9. The topological polar surface area (TPSA) is 46.9 Å². The Morgan fingerprint density at radius 2 is 2.31 bits per heavy atom. The second-order valence-corrected chi connectivity index (χ2v) is 4.28. The molecule has 1 N–H and O–H groups in total. The number of anilines is 1. The lowest BCUT2D eigenvalue weighted by atomic mass is 10.2. The SMILES string of the molecule is Cn1cc(NC(=O)c2cccc(Br)c2)cn1. The third-order valence-corrected chi connectivity index (χ3v) is 2.54. The summed E-state index contributed by atoms with van der Waals surface area (Å²) >= 11 is 3.32. The average Bonchev–Trinajstić information content (AvgIpc) is 2.64. The molecule has 1 amide bonds. The van der Waals surface area contributed by atoms with Gasteiger partial charge in [-0.25, -0.2) is 0 Å². The van der Waals surface area contributed by atoms with Crippen molar-refractivity contribution in [3.63, 3.8) is 0 Å². The summed E-state index contributed by atoms with van der Waals surface area (Å²) in [6, 6.07) is 7.23. The normalized spacial score (nSPS) is 10.1. The minimum atomic E-state index is -0.144. The van der Waals surface area contributed by atoms with Gasteiger partial charge < -0.3 is 5.32 Å². The fraction of sp³-hybridized carbons (Fsp3) is 0.0909. The van der Waals surface area contributed by atoms with Gasteiger partial charge in [0.15, 0.2) is 0 Å². The molecule has 16 heavy (non-hydrogen) atoms. The molecule has 82 valence electrons. The molecule has 0 saturated carbocycles. The van der Waals surface area contributed by atoms with E-state index in [4.69, 9.17) is 0 Å². The Morgan fingerprint density at radius 1 is 1.50 bits per heavy atom. The van der Waals surface area contributed by atoms with Crippen molar-refractivity contribution in [3.8, 4) is 0 Å². The van der Waals surface area contributed by atoms with E-state index >= 15 is 0 Å². The highest BCUT2D eigenvalue weighted by Gasteiger charge is 2.06. The highest BCUT2D eigenvalue weighted by molar-refractivity contribution is 9.10. The summed E-state index contributed by atoms with van der Waals surface area (Å²) in [6.45, 7) is 0. The standard InChI is InChI=1S/C11H10BrN3O/c1-15-7-10(6-13-15)14-11(16)8-3-2-4-9(12)5-8/h2-7H,1H3,(H,14,16). The largest absolute Gasteiger partial charge is 0.319 e. The summed E-state index contributed by atoms with van der Waals surface area (Å²) in [7, 11) is 1.80. The van der Waals surface area contributed by atoms with E-state index in [0.29, 0.717) is 11.3 Å². The Morgan fingerprint density at radius 3 is 2.94 bits per heavy atom. The molecule has 0 aliphatic carbocycles. The lowest BCUT2D eigenvalue weighted by molar-refractivity contribution is 0.102. The van der Waals surface area contributed by atoms with E-state index < -0.39 is 0 Å². The van der Waals surface area contributed by atoms with Gasteiger partial charge in [0.1, 0.15) is 0 Å². The number of nitrogens with one attached hydrogen (secondary N) is 1. The van der Waals surface area contributed by atoms with Gasteiger partial charge in [0.2, 0.25) is 0 Å². The molecule has 5 heteroatoms. The molecule has 1 aromatic heterocycles. The zero-order valence-electron chi connectivity index (χ0n) is 8.64. The van der Waals surface area contributed by atoms with Crippen molar-refractivity contribution >= 4 is 27.5 Å². The molecule has 0 atom stereocenters. The molecule has 0 bridgehead atoms. The van der Waals surface area contributed by atoms with Crippen LogP contribution in [0.4, 0.5) is 5.69 Å². The summed E-state index contributed by atoms with van der Waals surface area (Å²) in [5.41, 5.74) is 1.30. The van der Waals surface area contributed by atoms with Crippen molar-refractivity contribution in [1.29, 1.82) is 0 Å². The molecule has 0 aliphatic heterocycles. The summed E-state index contributed by atoms with van der Waals surface area (Å²) in [4.78, 5) is 11.8. The van der Waals surface area contributed by atoms with Crippen molar-refractivity contribution in [3.05, 3.63) is 46.7 Å². The van der Waals surface area contributed by atoms with Gasteiger partial charge in [-0.2, -0.15) is 5.10 Å². The monoisotopic (exact) mass is 279 g/mol. The summed E-state index contributed by atoms with van der Waals surface area (Å²) < 4.78 is 2.52. The molecule has 0 radical (unpaired) electrons. The van der Waals surface area contributed by atoms with E-state index in [-0.39, 0.29) is 5.91 Å². The fourth-order valence-electron chi connectivity index (χ4n) is 1.32. The molecule has 2 aromatic rings. The summed E-state index contributed by atoms with van der Waals surface area (Å²) in [6.07, 6.45) is 3.35. The van der Waals surface area contributed by atoms with Crippen molar-refractivity contribution in [2.45, 2.75) is 0 Å². The number of halogens is 1. The Labute approximate surface area is 101 Å². The first-order chi connectivity index (χ1) is 7.65. The molecule has 1 heterocycles. The number of rotatable bonds is 2. The number of hydrogen-bond acceptors (Lipinski definition) is 2. The molecule has 0 spiro atoms. The highest BCUT2D eigenvalue weighted by Crippen LogP contribution is 2.13. The quantitative estimate of drug-likeness (QED) is 0.918. The molecule has 1 aromatic carbocycles. The second kappa shape index (κ2) is 4.49. The number of aromatic nitrogens is 2. The Balaban J connectivity index is 2.14. The van der Waals surface area contributed by atoms with Crippen LogP contribution in [0.1, 0.15) is 10.4 Å². The maximum Gasteiger partial charge on any atom is 0.255 e. The third kappa shape index (κ3) is 2.49. The Bertz CT molecular complexity index is 521. The number of hydrogen-bond donors (Lipinski definition) is 1. The smallest absolute Gasteiger partial charge is 0.255 e. The van der Waals surface area contributed by atoms with Gasteiger partial charge in [-0.05, 0) is 18.2 Å². The lowest BCUT2D eigenvalue weighted by Gasteiger charge is -2.02. The van der Waals surface area contributed by atoms with Gasteiger partial charge >= 0.3 is 0 Å². The van der Waals surface area contributed by atoms with E-state index in [2.05, 4.69) is 26.3 Å². The minimum absolute atomic E-state index is 0.144. The minimum Gasteiger partial charge on any atom is -0.319 e. The van der Waals surface area contributed by atoms with Crippen LogP contribution in [0, 0.1) is 0 Å². The Hall–Kier alpha value is -1.62. The molecular weight excluding hydrogens is 270 g/mol. The van der Waals surface area contributed by atoms with Crippen LogP contribution in [-0.2, 0) is 7.05 Å².